The van der Waals surface area contributed by atoms with Gasteiger partial charge in [0.15, 0.2) is 0 Å². The second kappa shape index (κ2) is 7.40. The van der Waals surface area contributed by atoms with Gasteiger partial charge in [0, 0.05) is 11.6 Å². The summed E-state index contributed by atoms with van der Waals surface area (Å²) in [7, 11) is 1.58. The Morgan fingerprint density at radius 3 is 2.72 bits per heavy atom. The van der Waals surface area contributed by atoms with E-state index in [-0.39, 0.29) is 6.61 Å². The van der Waals surface area contributed by atoms with Gasteiger partial charge in [0.25, 0.3) is 0 Å². The first-order valence-electron chi connectivity index (χ1n) is 7.80. The first kappa shape index (κ1) is 17.0. The molecule has 0 aliphatic carbocycles. The van der Waals surface area contributed by atoms with Crippen molar-refractivity contribution >= 4 is 39.8 Å². The van der Waals surface area contributed by atoms with Crippen LogP contribution in [0.4, 0.5) is 11.4 Å². The molecular formula is C19H17ClN2O3. The van der Waals surface area contributed by atoms with Gasteiger partial charge in [-0.1, -0.05) is 35.9 Å². The lowest BCUT2D eigenvalue weighted by atomic mass is 10.1. The first-order chi connectivity index (χ1) is 12.2. The SMILES string of the molecule is CCOC(=O)c1cnc2c(OC)cccc2c1Nc1ccccc1Cl. The van der Waals surface area contributed by atoms with Crippen molar-refractivity contribution < 1.29 is 14.3 Å². The molecule has 0 amide bonds. The highest BCUT2D eigenvalue weighted by Crippen LogP contribution is 2.35. The van der Waals surface area contributed by atoms with Gasteiger partial charge < -0.3 is 14.8 Å². The molecule has 0 aliphatic rings. The van der Waals surface area contributed by atoms with Crippen molar-refractivity contribution in [2.75, 3.05) is 19.0 Å². The molecule has 0 atom stereocenters. The van der Waals surface area contributed by atoms with Gasteiger partial charge in [0.2, 0.25) is 0 Å². The Labute approximate surface area is 150 Å². The van der Waals surface area contributed by atoms with Gasteiger partial charge >= 0.3 is 5.97 Å². The molecule has 5 nitrogen and oxygen atoms in total. The molecule has 2 aromatic carbocycles. The minimum absolute atomic E-state index is 0.278. The lowest BCUT2D eigenvalue weighted by molar-refractivity contribution is 0.0527. The van der Waals surface area contributed by atoms with Gasteiger partial charge in [0.1, 0.15) is 16.8 Å². The second-order valence-electron chi connectivity index (χ2n) is 5.23. The van der Waals surface area contributed by atoms with Crippen LogP contribution in [0.25, 0.3) is 10.9 Å². The van der Waals surface area contributed by atoms with Gasteiger partial charge in [0.05, 0.1) is 30.1 Å². The summed E-state index contributed by atoms with van der Waals surface area (Å²) in [5, 5.41) is 4.53. The number of pyridine rings is 1. The Kier molecular flexibility index (Phi) is 5.05. The predicted octanol–water partition coefficient (Wildman–Crippen LogP) is 4.82. The molecule has 0 unspecified atom stereocenters. The molecule has 0 radical (unpaired) electrons. The van der Waals surface area contributed by atoms with E-state index in [4.69, 9.17) is 21.1 Å². The molecule has 25 heavy (non-hydrogen) atoms. The Balaban J connectivity index is 2.22. The standard InChI is InChI=1S/C19H17ClN2O3/c1-3-25-19(23)13-11-21-18-12(7-6-10-16(18)24-2)17(13)22-15-9-5-4-8-14(15)20/h4-11H,3H2,1-2H3,(H,21,22). The largest absolute Gasteiger partial charge is 0.494 e. The van der Waals surface area contributed by atoms with E-state index in [0.29, 0.717) is 33.2 Å². The van der Waals surface area contributed by atoms with Crippen LogP contribution in [0.5, 0.6) is 5.75 Å². The van der Waals surface area contributed by atoms with Crippen LogP contribution in [0.15, 0.2) is 48.7 Å². The average molecular weight is 357 g/mol. The summed E-state index contributed by atoms with van der Waals surface area (Å²) >= 11 is 6.26. The zero-order valence-corrected chi connectivity index (χ0v) is 14.6. The van der Waals surface area contributed by atoms with Crippen LogP contribution >= 0.6 is 11.6 Å². The molecule has 3 rings (SSSR count). The molecule has 1 aromatic heterocycles. The lowest BCUT2D eigenvalue weighted by Gasteiger charge is -2.16. The van der Waals surface area contributed by atoms with Crippen molar-refractivity contribution in [3.8, 4) is 5.75 Å². The Morgan fingerprint density at radius 1 is 1.20 bits per heavy atom. The van der Waals surface area contributed by atoms with Crippen molar-refractivity contribution in [2.45, 2.75) is 6.92 Å². The quantitative estimate of drug-likeness (QED) is 0.664. The van der Waals surface area contributed by atoms with Crippen LogP contribution in [0, 0.1) is 0 Å². The number of benzene rings is 2. The minimum atomic E-state index is -0.450. The predicted molar refractivity (Wildman–Crippen MR) is 99.0 cm³/mol. The van der Waals surface area contributed by atoms with E-state index in [1.54, 1.807) is 20.1 Å². The number of esters is 1. The van der Waals surface area contributed by atoms with Crippen molar-refractivity contribution in [2.24, 2.45) is 0 Å². The van der Waals surface area contributed by atoms with Crippen LogP contribution in [-0.4, -0.2) is 24.7 Å². The third-order valence-corrected chi connectivity index (χ3v) is 4.04. The molecule has 0 bridgehead atoms. The fourth-order valence-corrected chi connectivity index (χ4v) is 2.74. The highest BCUT2D eigenvalue weighted by Gasteiger charge is 2.19. The summed E-state index contributed by atoms with van der Waals surface area (Å²) in [5.74, 6) is 0.171. The van der Waals surface area contributed by atoms with Crippen LogP contribution in [0.2, 0.25) is 5.02 Å². The normalized spacial score (nSPS) is 10.5. The minimum Gasteiger partial charge on any atom is -0.494 e. The lowest BCUT2D eigenvalue weighted by Crippen LogP contribution is -2.09. The number of methoxy groups -OCH3 is 1. The van der Waals surface area contributed by atoms with E-state index in [1.165, 1.54) is 6.20 Å². The Bertz CT molecular complexity index is 928. The number of hydrogen-bond donors (Lipinski definition) is 1. The van der Waals surface area contributed by atoms with Crippen LogP contribution < -0.4 is 10.1 Å². The summed E-state index contributed by atoms with van der Waals surface area (Å²) in [6.45, 7) is 2.04. The smallest absolute Gasteiger partial charge is 0.341 e. The number of fused-ring (bicyclic) bond motifs is 1. The van der Waals surface area contributed by atoms with Crippen molar-refractivity contribution in [3.63, 3.8) is 0 Å². The molecule has 3 aromatic rings. The van der Waals surface area contributed by atoms with Gasteiger partial charge in [-0.25, -0.2) is 4.79 Å². The molecule has 128 valence electrons. The van der Waals surface area contributed by atoms with Gasteiger partial charge in [-0.3, -0.25) is 4.98 Å². The molecule has 0 fully saturated rings. The number of carbonyl (C=O) groups excluding carboxylic acids is 1. The maximum atomic E-state index is 12.4. The number of ether oxygens (including phenoxy) is 2. The molecule has 0 aliphatic heterocycles. The third-order valence-electron chi connectivity index (χ3n) is 3.71. The maximum Gasteiger partial charge on any atom is 0.341 e. The van der Waals surface area contributed by atoms with Gasteiger partial charge in [-0.05, 0) is 25.1 Å². The number of nitrogens with zero attached hydrogens (tertiary/aromatic N) is 1. The number of carbonyl (C=O) groups is 1. The summed E-state index contributed by atoms with van der Waals surface area (Å²) in [6.07, 6.45) is 1.49. The number of aromatic nitrogens is 1. The number of anilines is 2. The molecule has 1 heterocycles. The molecule has 6 heteroatoms. The number of halogens is 1. The van der Waals surface area contributed by atoms with E-state index in [2.05, 4.69) is 10.3 Å². The van der Waals surface area contributed by atoms with Crippen LogP contribution in [0.1, 0.15) is 17.3 Å². The Morgan fingerprint density at radius 2 is 2.00 bits per heavy atom. The van der Waals surface area contributed by atoms with Crippen molar-refractivity contribution in [1.29, 1.82) is 0 Å². The zero-order chi connectivity index (χ0) is 17.8. The summed E-state index contributed by atoms with van der Waals surface area (Å²) in [4.78, 5) is 16.8. The molecule has 1 N–H and O–H groups in total. The Hall–Kier alpha value is -2.79. The van der Waals surface area contributed by atoms with E-state index in [9.17, 15) is 4.79 Å². The van der Waals surface area contributed by atoms with E-state index >= 15 is 0 Å². The summed E-state index contributed by atoms with van der Waals surface area (Å²) in [6, 6.07) is 12.8. The highest BCUT2D eigenvalue weighted by atomic mass is 35.5. The van der Waals surface area contributed by atoms with E-state index in [1.807, 2.05) is 36.4 Å². The van der Waals surface area contributed by atoms with Gasteiger partial charge in [-0.2, -0.15) is 0 Å². The van der Waals surface area contributed by atoms with E-state index in [0.717, 1.165) is 5.39 Å². The fourth-order valence-electron chi connectivity index (χ4n) is 2.56. The monoisotopic (exact) mass is 356 g/mol. The third kappa shape index (κ3) is 3.37. The second-order valence-corrected chi connectivity index (χ2v) is 5.64. The maximum absolute atomic E-state index is 12.4. The molecule has 0 spiro atoms. The van der Waals surface area contributed by atoms with Gasteiger partial charge in [-0.15, -0.1) is 0 Å². The van der Waals surface area contributed by atoms with E-state index < -0.39 is 5.97 Å². The number of rotatable bonds is 5. The van der Waals surface area contributed by atoms with Crippen molar-refractivity contribution in [1.82, 2.24) is 4.98 Å². The molecule has 0 saturated heterocycles. The molecule has 0 saturated carbocycles. The topological polar surface area (TPSA) is 60.5 Å². The number of para-hydroxylation sites is 2. The van der Waals surface area contributed by atoms with Crippen molar-refractivity contribution in [3.05, 3.63) is 59.2 Å². The first-order valence-corrected chi connectivity index (χ1v) is 8.18. The summed E-state index contributed by atoms with van der Waals surface area (Å²) in [5.41, 5.74) is 2.25. The number of nitrogens with one attached hydrogen (secondary N) is 1. The highest BCUT2D eigenvalue weighted by molar-refractivity contribution is 6.33. The average Bonchev–Trinajstić information content (AvgIpc) is 2.63. The zero-order valence-electron chi connectivity index (χ0n) is 13.9. The van der Waals surface area contributed by atoms with Crippen LogP contribution in [-0.2, 0) is 4.74 Å². The fraction of sp³-hybridized carbons (Fsp3) is 0.158. The number of hydrogen-bond acceptors (Lipinski definition) is 5. The molecular weight excluding hydrogens is 340 g/mol. The van der Waals surface area contributed by atoms with Crippen LogP contribution in [0.3, 0.4) is 0 Å². The summed E-state index contributed by atoms with van der Waals surface area (Å²) < 4.78 is 10.5.